The fourth-order valence-electron chi connectivity index (χ4n) is 2.61. The molecule has 1 N–H and O–H groups in total. The van der Waals surface area contributed by atoms with Gasteiger partial charge in [-0.3, -0.25) is 0 Å². The molecule has 3 rings (SSSR count). The van der Waals surface area contributed by atoms with Crippen LogP contribution >= 0.6 is 0 Å². The predicted octanol–water partition coefficient (Wildman–Crippen LogP) is 3.14. The fraction of sp³-hybridized carbons (Fsp3) is 0.176. The standard InChI is InChI=1S/C17H14O5/c1-3-21-16(19)13-9(2)8-11-10-6-4-5-7-12(10)22-17(20)14(11)15(13)18/h4-8,18H,3H2,1-2H3. The van der Waals surface area contributed by atoms with Crippen LogP contribution in [0.15, 0.2) is 39.5 Å². The second kappa shape index (κ2) is 5.18. The molecule has 0 atom stereocenters. The molecule has 0 aliphatic rings. The molecule has 0 amide bonds. The van der Waals surface area contributed by atoms with Gasteiger partial charge in [-0.2, -0.15) is 0 Å². The molecule has 0 aliphatic heterocycles. The van der Waals surface area contributed by atoms with Crippen LogP contribution in [0.2, 0.25) is 0 Å². The zero-order chi connectivity index (χ0) is 15.9. The molecule has 5 nitrogen and oxygen atoms in total. The normalized spacial score (nSPS) is 11.0. The molecular weight excluding hydrogens is 284 g/mol. The highest BCUT2D eigenvalue weighted by molar-refractivity contribution is 6.10. The molecule has 22 heavy (non-hydrogen) atoms. The van der Waals surface area contributed by atoms with Crippen LogP contribution in [-0.4, -0.2) is 17.7 Å². The molecule has 0 spiro atoms. The van der Waals surface area contributed by atoms with E-state index in [1.165, 1.54) is 0 Å². The number of phenols is 1. The highest BCUT2D eigenvalue weighted by Gasteiger charge is 2.22. The van der Waals surface area contributed by atoms with Crippen molar-refractivity contribution >= 4 is 27.7 Å². The van der Waals surface area contributed by atoms with Gasteiger partial charge in [-0.25, -0.2) is 9.59 Å². The summed E-state index contributed by atoms with van der Waals surface area (Å²) in [6, 6.07) is 8.75. The quantitative estimate of drug-likeness (QED) is 0.447. The Kier molecular flexibility index (Phi) is 3.33. The number of para-hydroxylation sites is 1. The smallest absolute Gasteiger partial charge is 0.348 e. The molecule has 1 aromatic heterocycles. The van der Waals surface area contributed by atoms with Crippen molar-refractivity contribution < 1.29 is 19.1 Å². The number of hydrogen-bond acceptors (Lipinski definition) is 5. The van der Waals surface area contributed by atoms with Crippen LogP contribution in [0.5, 0.6) is 5.75 Å². The van der Waals surface area contributed by atoms with E-state index < -0.39 is 17.3 Å². The second-order valence-corrected chi connectivity index (χ2v) is 4.95. The number of benzene rings is 2. The van der Waals surface area contributed by atoms with Gasteiger partial charge in [0, 0.05) is 10.8 Å². The van der Waals surface area contributed by atoms with E-state index in [-0.39, 0.29) is 17.6 Å². The first-order chi connectivity index (χ1) is 10.5. The molecule has 0 radical (unpaired) electrons. The van der Waals surface area contributed by atoms with E-state index in [2.05, 4.69) is 0 Å². The largest absolute Gasteiger partial charge is 0.506 e. The van der Waals surface area contributed by atoms with Gasteiger partial charge < -0.3 is 14.3 Å². The molecule has 3 aromatic rings. The summed E-state index contributed by atoms with van der Waals surface area (Å²) in [6.45, 7) is 3.55. The minimum absolute atomic E-state index is 0.00284. The monoisotopic (exact) mass is 298 g/mol. The first-order valence-corrected chi connectivity index (χ1v) is 6.89. The number of aryl methyl sites for hydroxylation is 1. The van der Waals surface area contributed by atoms with Crippen LogP contribution in [0.3, 0.4) is 0 Å². The molecule has 5 heteroatoms. The van der Waals surface area contributed by atoms with Gasteiger partial charge in [0.1, 0.15) is 22.3 Å². The molecular formula is C17H14O5. The Hall–Kier alpha value is -2.82. The van der Waals surface area contributed by atoms with Gasteiger partial charge in [-0.05, 0) is 31.5 Å². The average Bonchev–Trinajstić information content (AvgIpc) is 2.47. The topological polar surface area (TPSA) is 76.7 Å². The lowest BCUT2D eigenvalue weighted by Crippen LogP contribution is -2.10. The molecule has 0 aliphatic carbocycles. The Morgan fingerprint density at radius 1 is 1.27 bits per heavy atom. The van der Waals surface area contributed by atoms with E-state index >= 15 is 0 Å². The number of rotatable bonds is 2. The van der Waals surface area contributed by atoms with Crippen molar-refractivity contribution in [1.82, 2.24) is 0 Å². The predicted molar refractivity (Wildman–Crippen MR) is 82.3 cm³/mol. The van der Waals surface area contributed by atoms with Crippen molar-refractivity contribution in [2.24, 2.45) is 0 Å². The molecule has 0 bridgehead atoms. The number of carbonyl (C=O) groups excluding carboxylic acids is 1. The maximum atomic E-state index is 12.2. The zero-order valence-corrected chi connectivity index (χ0v) is 12.2. The summed E-state index contributed by atoms with van der Waals surface area (Å²) in [5.41, 5.74) is 0.288. The highest BCUT2D eigenvalue weighted by atomic mass is 16.5. The first kappa shape index (κ1) is 14.1. The summed E-state index contributed by atoms with van der Waals surface area (Å²) in [6.07, 6.45) is 0. The van der Waals surface area contributed by atoms with Crippen LogP contribution in [0.4, 0.5) is 0 Å². The Morgan fingerprint density at radius 3 is 2.73 bits per heavy atom. The summed E-state index contributed by atoms with van der Waals surface area (Å²) >= 11 is 0. The van der Waals surface area contributed by atoms with E-state index in [1.54, 1.807) is 38.1 Å². The third-order valence-corrected chi connectivity index (χ3v) is 3.56. The van der Waals surface area contributed by atoms with Crippen LogP contribution in [0.25, 0.3) is 21.7 Å². The van der Waals surface area contributed by atoms with Gasteiger partial charge in [-0.15, -0.1) is 0 Å². The van der Waals surface area contributed by atoms with E-state index in [9.17, 15) is 14.7 Å². The van der Waals surface area contributed by atoms with E-state index in [0.717, 1.165) is 0 Å². The van der Waals surface area contributed by atoms with Crippen LogP contribution < -0.4 is 5.63 Å². The number of esters is 1. The van der Waals surface area contributed by atoms with Crippen molar-refractivity contribution in [3.63, 3.8) is 0 Å². The lowest BCUT2D eigenvalue weighted by atomic mass is 9.99. The minimum Gasteiger partial charge on any atom is -0.506 e. The van der Waals surface area contributed by atoms with E-state index in [0.29, 0.717) is 21.9 Å². The number of carbonyl (C=O) groups is 1. The molecule has 1 heterocycles. The molecule has 0 saturated heterocycles. The van der Waals surface area contributed by atoms with Crippen molar-refractivity contribution in [2.75, 3.05) is 6.61 Å². The highest BCUT2D eigenvalue weighted by Crippen LogP contribution is 2.33. The summed E-state index contributed by atoms with van der Waals surface area (Å²) in [4.78, 5) is 24.2. The summed E-state index contributed by atoms with van der Waals surface area (Å²) in [7, 11) is 0. The minimum atomic E-state index is -0.684. The maximum Gasteiger partial charge on any atom is 0.348 e. The van der Waals surface area contributed by atoms with Gasteiger partial charge >= 0.3 is 11.6 Å². The van der Waals surface area contributed by atoms with Gasteiger partial charge in [-0.1, -0.05) is 18.2 Å². The Balaban J connectivity index is 2.46. The van der Waals surface area contributed by atoms with Crippen molar-refractivity contribution in [3.05, 3.63) is 51.9 Å². The Morgan fingerprint density at radius 2 is 2.00 bits per heavy atom. The molecule has 2 aromatic carbocycles. The third kappa shape index (κ3) is 2.02. The van der Waals surface area contributed by atoms with Gasteiger partial charge in [0.2, 0.25) is 0 Å². The third-order valence-electron chi connectivity index (χ3n) is 3.56. The SMILES string of the molecule is CCOC(=O)c1c(C)cc2c(c1O)c(=O)oc1ccccc12. The van der Waals surface area contributed by atoms with Crippen molar-refractivity contribution in [2.45, 2.75) is 13.8 Å². The van der Waals surface area contributed by atoms with E-state index in [4.69, 9.17) is 9.15 Å². The average molecular weight is 298 g/mol. The first-order valence-electron chi connectivity index (χ1n) is 6.89. The van der Waals surface area contributed by atoms with Crippen molar-refractivity contribution in [1.29, 1.82) is 0 Å². The van der Waals surface area contributed by atoms with Crippen LogP contribution in [0.1, 0.15) is 22.8 Å². The summed E-state index contributed by atoms with van der Waals surface area (Å²) in [5, 5.41) is 11.7. The molecule has 112 valence electrons. The maximum absolute atomic E-state index is 12.2. The van der Waals surface area contributed by atoms with Crippen molar-refractivity contribution in [3.8, 4) is 5.75 Å². The van der Waals surface area contributed by atoms with Crippen LogP contribution in [0, 0.1) is 6.92 Å². The fourth-order valence-corrected chi connectivity index (χ4v) is 2.61. The Bertz CT molecular complexity index is 953. The molecule has 0 unspecified atom stereocenters. The zero-order valence-electron chi connectivity index (χ0n) is 12.2. The number of hydrogen-bond donors (Lipinski definition) is 1. The molecule has 0 saturated carbocycles. The van der Waals surface area contributed by atoms with Gasteiger partial charge in [0.05, 0.1) is 6.61 Å². The van der Waals surface area contributed by atoms with Gasteiger partial charge in [0.25, 0.3) is 0 Å². The lowest BCUT2D eigenvalue weighted by molar-refractivity contribution is 0.0522. The molecule has 0 fully saturated rings. The Labute approximate surface area is 125 Å². The summed E-state index contributed by atoms with van der Waals surface area (Å²) < 4.78 is 10.2. The number of ether oxygens (including phenoxy) is 1. The number of fused-ring (bicyclic) bond motifs is 3. The number of aromatic hydroxyl groups is 1. The van der Waals surface area contributed by atoms with E-state index in [1.807, 2.05) is 6.07 Å². The number of phenolic OH excluding ortho intramolecular Hbond substituents is 1. The summed E-state index contributed by atoms with van der Waals surface area (Å²) in [5.74, 6) is -1.06. The lowest BCUT2D eigenvalue weighted by Gasteiger charge is -2.11. The van der Waals surface area contributed by atoms with Gasteiger partial charge in [0.15, 0.2) is 0 Å². The second-order valence-electron chi connectivity index (χ2n) is 4.95. The van der Waals surface area contributed by atoms with Crippen LogP contribution in [-0.2, 0) is 4.74 Å².